The zero-order valence-corrected chi connectivity index (χ0v) is 9.56. The molecule has 0 saturated heterocycles. The molecule has 0 aliphatic heterocycles. The fourth-order valence-electron chi connectivity index (χ4n) is 1.13. The lowest BCUT2D eigenvalue weighted by Gasteiger charge is -2.19. The standard InChI is InChI=1S/C11H25NO/c1-10(8-13)6-5-7-12-9-11(2,3)4/h10,12-13H,5-9H2,1-4H3. The Balaban J connectivity index is 3.18. The minimum absolute atomic E-state index is 0.319. The summed E-state index contributed by atoms with van der Waals surface area (Å²) in [7, 11) is 0. The molecule has 13 heavy (non-hydrogen) atoms. The number of hydrogen-bond donors (Lipinski definition) is 2. The number of nitrogens with one attached hydrogen (secondary N) is 1. The Bertz CT molecular complexity index is 118. The van der Waals surface area contributed by atoms with Crippen molar-refractivity contribution in [2.75, 3.05) is 19.7 Å². The number of aliphatic hydroxyl groups excluding tert-OH is 1. The SMILES string of the molecule is CC(CO)CCCNCC(C)(C)C. The molecule has 0 bridgehead atoms. The smallest absolute Gasteiger partial charge is 0.0456 e. The van der Waals surface area contributed by atoms with Crippen LogP contribution in [-0.4, -0.2) is 24.8 Å². The normalized spacial score (nSPS) is 14.5. The first-order valence-electron chi connectivity index (χ1n) is 5.27. The summed E-state index contributed by atoms with van der Waals surface area (Å²) in [6.07, 6.45) is 2.28. The summed E-state index contributed by atoms with van der Waals surface area (Å²) in [6.45, 7) is 11.2. The molecule has 0 rings (SSSR count). The highest BCUT2D eigenvalue weighted by Crippen LogP contribution is 2.10. The average molecular weight is 187 g/mol. The predicted molar refractivity (Wildman–Crippen MR) is 57.8 cm³/mol. The molecule has 0 spiro atoms. The second-order valence-corrected chi connectivity index (χ2v) is 5.17. The summed E-state index contributed by atoms with van der Waals surface area (Å²) in [6, 6.07) is 0. The molecule has 0 aromatic carbocycles. The maximum atomic E-state index is 8.80. The fourth-order valence-corrected chi connectivity index (χ4v) is 1.13. The van der Waals surface area contributed by atoms with Crippen LogP contribution in [0.3, 0.4) is 0 Å². The monoisotopic (exact) mass is 187 g/mol. The van der Waals surface area contributed by atoms with Crippen molar-refractivity contribution in [3.05, 3.63) is 0 Å². The van der Waals surface area contributed by atoms with Crippen molar-refractivity contribution < 1.29 is 5.11 Å². The Morgan fingerprint density at radius 2 is 1.92 bits per heavy atom. The summed E-state index contributed by atoms with van der Waals surface area (Å²) in [5, 5.41) is 12.2. The van der Waals surface area contributed by atoms with Crippen molar-refractivity contribution in [3.63, 3.8) is 0 Å². The summed E-state index contributed by atoms with van der Waals surface area (Å²) < 4.78 is 0. The van der Waals surface area contributed by atoms with Gasteiger partial charge in [0.25, 0.3) is 0 Å². The molecule has 0 saturated carbocycles. The van der Waals surface area contributed by atoms with Crippen molar-refractivity contribution in [2.24, 2.45) is 11.3 Å². The Morgan fingerprint density at radius 3 is 2.38 bits per heavy atom. The summed E-state index contributed by atoms with van der Waals surface area (Å²) in [4.78, 5) is 0. The van der Waals surface area contributed by atoms with Crippen LogP contribution in [0.1, 0.15) is 40.5 Å². The molecule has 80 valence electrons. The van der Waals surface area contributed by atoms with E-state index in [9.17, 15) is 0 Å². The molecule has 2 heteroatoms. The lowest BCUT2D eigenvalue weighted by Crippen LogP contribution is -2.27. The summed E-state index contributed by atoms with van der Waals surface area (Å²) >= 11 is 0. The second kappa shape index (κ2) is 6.39. The van der Waals surface area contributed by atoms with E-state index in [1.54, 1.807) is 0 Å². The minimum Gasteiger partial charge on any atom is -0.396 e. The van der Waals surface area contributed by atoms with E-state index in [0.29, 0.717) is 17.9 Å². The third kappa shape index (κ3) is 9.84. The third-order valence-electron chi connectivity index (χ3n) is 2.02. The topological polar surface area (TPSA) is 32.3 Å². The van der Waals surface area contributed by atoms with E-state index in [0.717, 1.165) is 25.9 Å². The Hall–Kier alpha value is -0.0800. The van der Waals surface area contributed by atoms with Gasteiger partial charge in [0.15, 0.2) is 0 Å². The molecular formula is C11H25NO. The zero-order valence-electron chi connectivity index (χ0n) is 9.56. The van der Waals surface area contributed by atoms with Crippen molar-refractivity contribution in [3.8, 4) is 0 Å². The first-order chi connectivity index (χ1) is 5.95. The third-order valence-corrected chi connectivity index (χ3v) is 2.02. The zero-order chi connectivity index (χ0) is 10.3. The van der Waals surface area contributed by atoms with Gasteiger partial charge in [-0.1, -0.05) is 27.7 Å². The van der Waals surface area contributed by atoms with Crippen LogP contribution in [0.4, 0.5) is 0 Å². The van der Waals surface area contributed by atoms with Gasteiger partial charge >= 0.3 is 0 Å². The molecule has 0 fully saturated rings. The molecular weight excluding hydrogens is 162 g/mol. The lowest BCUT2D eigenvalue weighted by atomic mass is 9.97. The van der Waals surface area contributed by atoms with Crippen LogP contribution in [0.25, 0.3) is 0 Å². The molecule has 0 amide bonds. The second-order valence-electron chi connectivity index (χ2n) is 5.17. The molecule has 2 nitrogen and oxygen atoms in total. The van der Waals surface area contributed by atoms with Crippen molar-refractivity contribution in [1.29, 1.82) is 0 Å². The average Bonchev–Trinajstić information content (AvgIpc) is 2.01. The van der Waals surface area contributed by atoms with Gasteiger partial charge in [-0.2, -0.15) is 0 Å². The molecule has 2 N–H and O–H groups in total. The molecule has 0 heterocycles. The van der Waals surface area contributed by atoms with Gasteiger partial charge in [-0.3, -0.25) is 0 Å². The Kier molecular flexibility index (Phi) is 6.35. The van der Waals surface area contributed by atoms with Gasteiger partial charge in [0.2, 0.25) is 0 Å². The molecule has 0 radical (unpaired) electrons. The lowest BCUT2D eigenvalue weighted by molar-refractivity contribution is 0.227. The Morgan fingerprint density at radius 1 is 1.31 bits per heavy atom. The van der Waals surface area contributed by atoms with Crippen molar-refractivity contribution >= 4 is 0 Å². The molecule has 0 aliphatic rings. The van der Waals surface area contributed by atoms with Gasteiger partial charge in [-0.05, 0) is 37.3 Å². The van der Waals surface area contributed by atoms with Gasteiger partial charge in [0, 0.05) is 6.61 Å². The highest BCUT2D eigenvalue weighted by molar-refractivity contribution is 4.64. The van der Waals surface area contributed by atoms with Gasteiger partial charge in [-0.25, -0.2) is 0 Å². The van der Waals surface area contributed by atoms with E-state index in [1.165, 1.54) is 0 Å². The van der Waals surface area contributed by atoms with Crippen LogP contribution in [0.2, 0.25) is 0 Å². The van der Waals surface area contributed by atoms with Crippen LogP contribution in [-0.2, 0) is 0 Å². The highest BCUT2D eigenvalue weighted by atomic mass is 16.3. The fraction of sp³-hybridized carbons (Fsp3) is 1.00. The maximum absolute atomic E-state index is 8.80. The summed E-state index contributed by atoms with van der Waals surface area (Å²) in [5.41, 5.74) is 0.378. The number of hydrogen-bond acceptors (Lipinski definition) is 2. The van der Waals surface area contributed by atoms with Crippen LogP contribution >= 0.6 is 0 Å². The van der Waals surface area contributed by atoms with Gasteiger partial charge < -0.3 is 10.4 Å². The van der Waals surface area contributed by atoms with E-state index in [2.05, 4.69) is 33.0 Å². The molecule has 1 atom stereocenters. The molecule has 0 aliphatic carbocycles. The number of aliphatic hydroxyl groups is 1. The maximum Gasteiger partial charge on any atom is 0.0456 e. The van der Waals surface area contributed by atoms with Gasteiger partial charge in [0.05, 0.1) is 0 Å². The highest BCUT2D eigenvalue weighted by Gasteiger charge is 2.08. The van der Waals surface area contributed by atoms with E-state index in [1.807, 2.05) is 0 Å². The quantitative estimate of drug-likeness (QED) is 0.624. The first kappa shape index (κ1) is 12.9. The van der Waals surface area contributed by atoms with Gasteiger partial charge in [-0.15, -0.1) is 0 Å². The van der Waals surface area contributed by atoms with Crippen LogP contribution < -0.4 is 5.32 Å². The predicted octanol–water partition coefficient (Wildman–Crippen LogP) is 2.03. The molecule has 0 aromatic rings. The Labute approximate surface area is 82.7 Å². The minimum atomic E-state index is 0.319. The largest absolute Gasteiger partial charge is 0.396 e. The van der Waals surface area contributed by atoms with Gasteiger partial charge in [0.1, 0.15) is 0 Å². The van der Waals surface area contributed by atoms with E-state index in [-0.39, 0.29) is 0 Å². The van der Waals surface area contributed by atoms with Crippen LogP contribution in [0, 0.1) is 11.3 Å². The molecule has 0 aromatic heterocycles. The van der Waals surface area contributed by atoms with E-state index < -0.39 is 0 Å². The first-order valence-corrected chi connectivity index (χ1v) is 5.27. The van der Waals surface area contributed by atoms with Crippen molar-refractivity contribution in [1.82, 2.24) is 5.32 Å². The van der Waals surface area contributed by atoms with E-state index in [4.69, 9.17) is 5.11 Å². The van der Waals surface area contributed by atoms with Crippen LogP contribution in [0.5, 0.6) is 0 Å². The molecule has 1 unspecified atom stereocenters. The summed E-state index contributed by atoms with van der Waals surface area (Å²) in [5.74, 6) is 0.455. The van der Waals surface area contributed by atoms with Crippen molar-refractivity contribution in [2.45, 2.75) is 40.5 Å². The van der Waals surface area contributed by atoms with E-state index >= 15 is 0 Å². The number of rotatable bonds is 6. The van der Waals surface area contributed by atoms with Crippen LogP contribution in [0.15, 0.2) is 0 Å².